The predicted octanol–water partition coefficient (Wildman–Crippen LogP) is 3.45. The molecule has 0 bridgehead atoms. The Bertz CT molecular complexity index is 834. The van der Waals surface area contributed by atoms with Gasteiger partial charge in [0.25, 0.3) is 5.91 Å². The van der Waals surface area contributed by atoms with Crippen molar-refractivity contribution in [2.75, 3.05) is 20.2 Å². The van der Waals surface area contributed by atoms with Gasteiger partial charge >= 0.3 is 5.97 Å². The zero-order valence-corrected chi connectivity index (χ0v) is 18.8. The van der Waals surface area contributed by atoms with Crippen molar-refractivity contribution in [3.63, 3.8) is 0 Å². The maximum Gasteiger partial charge on any atom is 0.335 e. The molecule has 2 rings (SSSR count). The molecule has 1 atom stereocenters. The minimum atomic E-state index is -1.48. The quantitative estimate of drug-likeness (QED) is 0.316. The Morgan fingerprint density at radius 1 is 1.43 bits per heavy atom. The molecule has 1 unspecified atom stereocenters. The van der Waals surface area contributed by atoms with Gasteiger partial charge in [0.05, 0.1) is 35.7 Å². The van der Waals surface area contributed by atoms with E-state index in [2.05, 4.69) is 37.7 Å². The summed E-state index contributed by atoms with van der Waals surface area (Å²) in [5, 5.41) is 0. The fourth-order valence-electron chi connectivity index (χ4n) is 3.11. The number of likely N-dealkylation sites (N-methyl/N-ethyl adjacent to an activating group) is 1. The third kappa shape index (κ3) is 4.85. The van der Waals surface area contributed by atoms with Crippen LogP contribution in [0.3, 0.4) is 0 Å². The van der Waals surface area contributed by atoms with Gasteiger partial charge in [-0.1, -0.05) is 38.4 Å². The molecule has 0 aromatic heterocycles. The van der Waals surface area contributed by atoms with Crippen molar-refractivity contribution in [1.82, 2.24) is 9.80 Å². The molecule has 1 aliphatic heterocycles. The van der Waals surface area contributed by atoms with Crippen molar-refractivity contribution >= 4 is 20.0 Å². The van der Waals surface area contributed by atoms with Crippen LogP contribution in [0.2, 0.25) is 19.6 Å². The van der Waals surface area contributed by atoms with Gasteiger partial charge < -0.3 is 14.5 Å². The van der Waals surface area contributed by atoms with E-state index >= 15 is 0 Å². The number of carbonyl (C=O) groups is 2. The van der Waals surface area contributed by atoms with Crippen molar-refractivity contribution in [3.8, 4) is 11.5 Å². The highest BCUT2D eigenvalue weighted by Crippen LogP contribution is 2.33. The molecule has 2 aliphatic rings. The molecule has 1 fully saturated rings. The third-order valence-electron chi connectivity index (χ3n) is 4.55. The maximum absolute atomic E-state index is 13.0. The standard InChI is InChI=1S/C22H30N2O3Si/c1-8-24-19-11-10-17(12-13-28(5,6)7)14-18(19)21(25)23(4)15-20(24)16(3)22(26)27-9-2/h8,11,14,17H,1,9-10,15H2,2-7H3/b20-16+. The summed E-state index contributed by atoms with van der Waals surface area (Å²) in [6.07, 6.45) is 6.36. The van der Waals surface area contributed by atoms with Gasteiger partial charge in [-0.3, -0.25) is 4.79 Å². The molecule has 0 spiro atoms. The number of carbonyl (C=O) groups excluding carboxylic acids is 2. The highest BCUT2D eigenvalue weighted by molar-refractivity contribution is 6.83. The summed E-state index contributed by atoms with van der Waals surface area (Å²) in [5.41, 5.74) is 5.94. The molecule has 28 heavy (non-hydrogen) atoms. The Balaban J connectivity index is 2.51. The summed E-state index contributed by atoms with van der Waals surface area (Å²) in [6, 6.07) is 0. The molecule has 0 N–H and O–H groups in total. The van der Waals surface area contributed by atoms with Crippen molar-refractivity contribution < 1.29 is 14.3 Å². The summed E-state index contributed by atoms with van der Waals surface area (Å²) in [4.78, 5) is 28.8. The van der Waals surface area contributed by atoms with E-state index in [0.717, 1.165) is 12.1 Å². The largest absolute Gasteiger partial charge is 0.463 e. The monoisotopic (exact) mass is 398 g/mol. The van der Waals surface area contributed by atoms with Gasteiger partial charge in [0.1, 0.15) is 8.07 Å². The van der Waals surface area contributed by atoms with Crippen LogP contribution in [0.15, 0.2) is 47.5 Å². The first kappa shape index (κ1) is 21.8. The molecule has 1 amide bonds. The predicted molar refractivity (Wildman–Crippen MR) is 114 cm³/mol. The maximum atomic E-state index is 13.0. The molecule has 0 radical (unpaired) electrons. The lowest BCUT2D eigenvalue weighted by molar-refractivity contribution is -0.138. The molecule has 1 saturated heterocycles. The molecule has 1 heterocycles. The van der Waals surface area contributed by atoms with Crippen molar-refractivity contribution in [2.24, 2.45) is 5.92 Å². The Morgan fingerprint density at radius 3 is 2.68 bits per heavy atom. The van der Waals surface area contributed by atoms with Gasteiger partial charge in [-0.2, -0.15) is 0 Å². The number of rotatable bonds is 3. The Kier molecular flexibility index (Phi) is 6.73. The van der Waals surface area contributed by atoms with E-state index in [4.69, 9.17) is 4.74 Å². The van der Waals surface area contributed by atoms with Crippen LogP contribution >= 0.6 is 0 Å². The second kappa shape index (κ2) is 8.66. The zero-order chi connectivity index (χ0) is 21.1. The Labute approximate surface area is 169 Å². The first-order valence-corrected chi connectivity index (χ1v) is 13.1. The van der Waals surface area contributed by atoms with E-state index in [0.29, 0.717) is 30.0 Å². The molecular weight excluding hydrogens is 368 g/mol. The number of allylic oxidation sites excluding steroid dienone is 2. The molecule has 1 aliphatic carbocycles. The number of amides is 1. The highest BCUT2D eigenvalue weighted by Gasteiger charge is 2.33. The lowest BCUT2D eigenvalue weighted by Gasteiger charge is -2.27. The van der Waals surface area contributed by atoms with E-state index in [-0.39, 0.29) is 17.8 Å². The number of ether oxygens (including phenoxy) is 1. The normalized spacial score (nSPS) is 21.5. The van der Waals surface area contributed by atoms with Crippen molar-refractivity contribution in [3.05, 3.63) is 47.5 Å². The van der Waals surface area contributed by atoms with Crippen LogP contribution in [0.5, 0.6) is 0 Å². The van der Waals surface area contributed by atoms with Crippen LogP contribution in [0.25, 0.3) is 0 Å². The van der Waals surface area contributed by atoms with Crippen LogP contribution in [-0.4, -0.2) is 49.9 Å². The van der Waals surface area contributed by atoms with Gasteiger partial charge in [-0.15, -0.1) is 11.5 Å². The van der Waals surface area contributed by atoms with Crippen LogP contribution in [0.1, 0.15) is 20.3 Å². The number of esters is 1. The average molecular weight is 399 g/mol. The average Bonchev–Trinajstić information content (AvgIpc) is 2.74. The zero-order valence-electron chi connectivity index (χ0n) is 17.8. The van der Waals surface area contributed by atoms with E-state index in [9.17, 15) is 9.59 Å². The fraction of sp³-hybridized carbons (Fsp3) is 0.455. The highest BCUT2D eigenvalue weighted by atomic mass is 28.3. The van der Waals surface area contributed by atoms with Crippen molar-refractivity contribution in [2.45, 2.75) is 39.9 Å². The van der Waals surface area contributed by atoms with E-state index < -0.39 is 8.07 Å². The molecule has 0 saturated carbocycles. The molecule has 6 heteroatoms. The molecule has 150 valence electrons. The fourth-order valence-corrected chi connectivity index (χ4v) is 3.73. The van der Waals surface area contributed by atoms with E-state index in [1.807, 2.05) is 17.1 Å². The third-order valence-corrected chi connectivity index (χ3v) is 5.45. The summed E-state index contributed by atoms with van der Waals surface area (Å²) >= 11 is 0. The van der Waals surface area contributed by atoms with Gasteiger partial charge in [-0.05, 0) is 20.3 Å². The molecular formula is C22H30N2O3Si. The van der Waals surface area contributed by atoms with Gasteiger partial charge in [-0.25, -0.2) is 4.79 Å². The van der Waals surface area contributed by atoms with Crippen LogP contribution in [-0.2, 0) is 14.3 Å². The van der Waals surface area contributed by atoms with Crippen LogP contribution in [0, 0.1) is 17.4 Å². The smallest absolute Gasteiger partial charge is 0.335 e. The lowest BCUT2D eigenvalue weighted by Crippen LogP contribution is -2.29. The molecule has 0 aromatic carbocycles. The van der Waals surface area contributed by atoms with E-state index in [1.165, 1.54) is 0 Å². The molecule has 5 nitrogen and oxygen atoms in total. The second-order valence-corrected chi connectivity index (χ2v) is 12.8. The minimum absolute atomic E-state index is 0.0196. The van der Waals surface area contributed by atoms with Gasteiger partial charge in [0.2, 0.25) is 0 Å². The lowest BCUT2D eigenvalue weighted by atomic mass is 9.93. The van der Waals surface area contributed by atoms with Crippen LogP contribution in [0.4, 0.5) is 0 Å². The first-order chi connectivity index (χ1) is 13.1. The number of nitrogens with zero attached hydrogens (tertiary/aromatic N) is 2. The Hall–Kier alpha value is -2.52. The summed E-state index contributed by atoms with van der Waals surface area (Å²) in [6.45, 7) is 14.6. The van der Waals surface area contributed by atoms with Gasteiger partial charge in [0, 0.05) is 19.2 Å². The minimum Gasteiger partial charge on any atom is -0.463 e. The first-order valence-electron chi connectivity index (χ1n) is 9.58. The van der Waals surface area contributed by atoms with Gasteiger partial charge in [0.15, 0.2) is 0 Å². The van der Waals surface area contributed by atoms with Crippen LogP contribution < -0.4 is 0 Å². The number of fused-ring (bicyclic) bond motifs is 1. The topological polar surface area (TPSA) is 49.9 Å². The summed E-state index contributed by atoms with van der Waals surface area (Å²) in [5.74, 6) is 2.90. The number of hydrogen-bond acceptors (Lipinski definition) is 4. The summed E-state index contributed by atoms with van der Waals surface area (Å²) in [7, 11) is 0.255. The van der Waals surface area contributed by atoms with Crippen molar-refractivity contribution in [1.29, 1.82) is 0 Å². The Morgan fingerprint density at radius 2 is 2.11 bits per heavy atom. The van der Waals surface area contributed by atoms with E-state index in [1.54, 1.807) is 32.0 Å². The number of hydrogen-bond donors (Lipinski definition) is 0. The summed E-state index contributed by atoms with van der Waals surface area (Å²) < 4.78 is 5.16. The SMILES string of the molecule is C=CN1C2=CCC(C#C[Si](C)(C)C)C=C2C(=O)N(C)C/C1=C(/C)C(=O)OCC. The molecule has 0 aromatic rings. The second-order valence-electron chi connectivity index (χ2n) is 8.04.